The van der Waals surface area contributed by atoms with Gasteiger partial charge in [-0.15, -0.1) is 0 Å². The van der Waals surface area contributed by atoms with Crippen LogP contribution in [0.4, 0.5) is 5.69 Å². The zero-order chi connectivity index (χ0) is 12.7. The van der Waals surface area contributed by atoms with Crippen molar-refractivity contribution < 1.29 is 0 Å². The Hall–Kier alpha value is -0.550. The van der Waals surface area contributed by atoms with Crippen LogP contribution in [0.2, 0.25) is 5.02 Å². The highest BCUT2D eigenvalue weighted by atomic mass is 127. The smallest absolute Gasteiger partial charge is 0.0913 e. The highest BCUT2D eigenvalue weighted by Crippen LogP contribution is 2.42. The number of nitrogens with one attached hydrogen (secondary N) is 1. The van der Waals surface area contributed by atoms with Gasteiger partial charge in [-0.05, 0) is 60.6 Å². The second-order valence-electron chi connectivity index (χ2n) is 4.68. The van der Waals surface area contributed by atoms with Crippen LogP contribution in [0, 0.1) is 3.57 Å². The normalized spacial score (nSPS) is 15.1. The molecule has 2 aromatic rings. The summed E-state index contributed by atoms with van der Waals surface area (Å²) in [7, 11) is 0. The molecule has 1 heterocycles. The second kappa shape index (κ2) is 4.85. The van der Waals surface area contributed by atoms with Gasteiger partial charge in [0.15, 0.2) is 0 Å². The first-order valence-electron chi connectivity index (χ1n) is 6.22. The second-order valence-corrected chi connectivity index (χ2v) is 6.34. The molecule has 18 heavy (non-hydrogen) atoms. The van der Waals surface area contributed by atoms with Crippen molar-refractivity contribution in [3.05, 3.63) is 32.5 Å². The van der Waals surface area contributed by atoms with Crippen LogP contribution < -0.4 is 5.32 Å². The number of fused-ring (bicyclic) bond motifs is 1. The lowest BCUT2D eigenvalue weighted by Gasteiger charge is -2.12. The number of benzene rings is 1. The van der Waals surface area contributed by atoms with E-state index in [9.17, 15) is 0 Å². The van der Waals surface area contributed by atoms with Crippen LogP contribution in [0.1, 0.15) is 31.4 Å². The molecule has 94 valence electrons. The number of halogens is 2. The van der Waals surface area contributed by atoms with Crippen LogP contribution in [-0.4, -0.2) is 11.5 Å². The van der Waals surface area contributed by atoms with Crippen molar-refractivity contribution >= 4 is 50.8 Å². The van der Waals surface area contributed by atoms with Crippen molar-refractivity contribution in [1.82, 2.24) is 4.98 Å². The Morgan fingerprint density at radius 2 is 2.17 bits per heavy atom. The molecule has 0 spiro atoms. The van der Waals surface area contributed by atoms with E-state index in [2.05, 4.69) is 47.0 Å². The van der Waals surface area contributed by atoms with Crippen molar-refractivity contribution in [3.63, 3.8) is 0 Å². The van der Waals surface area contributed by atoms with E-state index in [0.717, 1.165) is 31.7 Å². The number of nitrogens with zero attached hydrogens (tertiary/aromatic N) is 1. The first-order chi connectivity index (χ1) is 8.69. The van der Waals surface area contributed by atoms with Crippen LogP contribution in [0.3, 0.4) is 0 Å². The molecule has 0 aliphatic heterocycles. The van der Waals surface area contributed by atoms with Crippen molar-refractivity contribution in [3.8, 4) is 0 Å². The summed E-state index contributed by atoms with van der Waals surface area (Å²) in [6, 6.07) is 6.31. The number of hydrogen-bond donors (Lipinski definition) is 1. The van der Waals surface area contributed by atoms with Gasteiger partial charge in [-0.25, -0.2) is 0 Å². The van der Waals surface area contributed by atoms with Gasteiger partial charge >= 0.3 is 0 Å². The number of hydrogen-bond acceptors (Lipinski definition) is 2. The summed E-state index contributed by atoms with van der Waals surface area (Å²) in [6.45, 7) is 3.02. The number of anilines is 1. The minimum absolute atomic E-state index is 0.641. The molecule has 1 N–H and O–H groups in total. The Kier molecular flexibility index (Phi) is 3.36. The Balaban J connectivity index is 2.26. The predicted molar refractivity (Wildman–Crippen MR) is 85.6 cm³/mol. The van der Waals surface area contributed by atoms with E-state index in [1.54, 1.807) is 0 Å². The number of aromatic nitrogens is 1. The molecule has 3 rings (SSSR count). The zero-order valence-corrected chi connectivity index (χ0v) is 13.0. The van der Waals surface area contributed by atoms with Gasteiger partial charge in [0.25, 0.3) is 0 Å². The molecular weight excluding hydrogens is 359 g/mol. The van der Waals surface area contributed by atoms with E-state index in [1.165, 1.54) is 18.5 Å². The fraction of sp³-hybridized carbons (Fsp3) is 0.357. The summed E-state index contributed by atoms with van der Waals surface area (Å²) in [5.41, 5.74) is 3.27. The van der Waals surface area contributed by atoms with Gasteiger partial charge in [0.2, 0.25) is 0 Å². The summed E-state index contributed by atoms with van der Waals surface area (Å²) in [6.07, 6.45) is 2.51. The van der Waals surface area contributed by atoms with E-state index in [4.69, 9.17) is 16.6 Å². The molecule has 0 bridgehead atoms. The third-order valence-corrected chi connectivity index (χ3v) is 4.13. The van der Waals surface area contributed by atoms with E-state index >= 15 is 0 Å². The summed E-state index contributed by atoms with van der Waals surface area (Å²) < 4.78 is 1.14. The van der Waals surface area contributed by atoms with Crippen molar-refractivity contribution in [2.24, 2.45) is 0 Å². The van der Waals surface area contributed by atoms with Gasteiger partial charge in [-0.3, -0.25) is 4.98 Å². The third kappa shape index (κ3) is 2.30. The van der Waals surface area contributed by atoms with E-state index in [1.807, 2.05) is 6.07 Å². The lowest BCUT2D eigenvalue weighted by Crippen LogP contribution is -2.00. The van der Waals surface area contributed by atoms with Gasteiger partial charge in [0, 0.05) is 32.8 Å². The van der Waals surface area contributed by atoms with Crippen molar-refractivity contribution in [2.45, 2.75) is 25.7 Å². The molecule has 1 aliphatic carbocycles. The first-order valence-corrected chi connectivity index (χ1v) is 7.68. The fourth-order valence-electron chi connectivity index (χ4n) is 2.20. The van der Waals surface area contributed by atoms with Crippen LogP contribution in [0.5, 0.6) is 0 Å². The van der Waals surface area contributed by atoms with Crippen LogP contribution in [0.15, 0.2) is 18.2 Å². The van der Waals surface area contributed by atoms with E-state index in [0.29, 0.717) is 5.92 Å². The average Bonchev–Trinajstić information content (AvgIpc) is 3.14. The molecule has 0 atom stereocenters. The number of pyridine rings is 1. The van der Waals surface area contributed by atoms with Crippen molar-refractivity contribution in [1.29, 1.82) is 0 Å². The monoisotopic (exact) mass is 372 g/mol. The van der Waals surface area contributed by atoms with Gasteiger partial charge in [0.1, 0.15) is 0 Å². The Morgan fingerprint density at radius 3 is 2.83 bits per heavy atom. The maximum Gasteiger partial charge on any atom is 0.0913 e. The minimum atomic E-state index is 0.641. The number of rotatable bonds is 3. The standard InChI is InChI=1S/C14H14ClIN2/c1-2-17-13-7-12(8-3-4-8)18-14-10(13)5-9(16)6-11(14)15/h5-8H,2-4H2,1H3,(H,17,18). The van der Waals surface area contributed by atoms with Crippen molar-refractivity contribution in [2.75, 3.05) is 11.9 Å². The molecule has 1 fully saturated rings. The maximum atomic E-state index is 6.34. The van der Waals surface area contributed by atoms with Crippen LogP contribution >= 0.6 is 34.2 Å². The summed E-state index contributed by atoms with van der Waals surface area (Å²) in [5.74, 6) is 0.641. The first kappa shape index (κ1) is 12.5. The highest BCUT2D eigenvalue weighted by Gasteiger charge is 2.26. The Bertz CT molecular complexity index is 608. The van der Waals surface area contributed by atoms with E-state index in [-0.39, 0.29) is 0 Å². The van der Waals surface area contributed by atoms with E-state index < -0.39 is 0 Å². The molecule has 1 saturated carbocycles. The molecule has 0 saturated heterocycles. The van der Waals surface area contributed by atoms with Gasteiger partial charge < -0.3 is 5.32 Å². The topological polar surface area (TPSA) is 24.9 Å². The summed E-state index contributed by atoms with van der Waals surface area (Å²) in [4.78, 5) is 4.75. The molecule has 1 aromatic carbocycles. The van der Waals surface area contributed by atoms with Gasteiger partial charge in [-0.2, -0.15) is 0 Å². The van der Waals surface area contributed by atoms with Gasteiger partial charge in [-0.1, -0.05) is 11.6 Å². The predicted octanol–water partition coefficient (Wildman–Crippen LogP) is 4.80. The minimum Gasteiger partial charge on any atom is -0.385 e. The van der Waals surface area contributed by atoms with Crippen LogP contribution in [-0.2, 0) is 0 Å². The van der Waals surface area contributed by atoms with Gasteiger partial charge in [0.05, 0.1) is 10.5 Å². The summed E-state index contributed by atoms with van der Waals surface area (Å²) in [5, 5.41) is 5.30. The summed E-state index contributed by atoms with van der Waals surface area (Å²) >= 11 is 8.63. The maximum absolute atomic E-state index is 6.34. The molecule has 2 nitrogen and oxygen atoms in total. The third-order valence-electron chi connectivity index (χ3n) is 3.21. The largest absolute Gasteiger partial charge is 0.385 e. The molecule has 0 radical (unpaired) electrons. The molecular formula is C14H14ClIN2. The zero-order valence-electron chi connectivity index (χ0n) is 10.1. The Morgan fingerprint density at radius 1 is 1.39 bits per heavy atom. The molecule has 0 unspecified atom stereocenters. The average molecular weight is 373 g/mol. The molecule has 4 heteroatoms. The lowest BCUT2D eigenvalue weighted by molar-refractivity contribution is 1.04. The van der Waals surface area contributed by atoms with Crippen LogP contribution in [0.25, 0.3) is 10.9 Å². The molecule has 1 aromatic heterocycles. The lowest BCUT2D eigenvalue weighted by atomic mass is 10.1. The SMILES string of the molecule is CCNc1cc(C2CC2)nc2c(Cl)cc(I)cc12. The highest BCUT2D eigenvalue weighted by molar-refractivity contribution is 14.1. The Labute approximate surface area is 125 Å². The fourth-order valence-corrected chi connectivity index (χ4v) is 3.27. The molecule has 1 aliphatic rings. The quantitative estimate of drug-likeness (QED) is 0.783. The molecule has 0 amide bonds.